The summed E-state index contributed by atoms with van der Waals surface area (Å²) < 4.78 is 12.5. The van der Waals surface area contributed by atoms with E-state index in [0.717, 1.165) is 22.4 Å². The Morgan fingerprint density at radius 2 is 1.82 bits per heavy atom. The molecule has 2 bridgehead atoms. The number of allylic oxidation sites excluding steroid dienone is 1. The van der Waals surface area contributed by atoms with Crippen molar-refractivity contribution in [3.8, 4) is 0 Å². The highest BCUT2D eigenvalue weighted by molar-refractivity contribution is 6.05. The van der Waals surface area contributed by atoms with Gasteiger partial charge in [0.05, 0.1) is 30.8 Å². The first-order chi connectivity index (χ1) is 21.1. The third-order valence-electron chi connectivity index (χ3n) is 9.70. The van der Waals surface area contributed by atoms with Crippen molar-refractivity contribution in [3.63, 3.8) is 0 Å². The second-order valence-electron chi connectivity index (χ2n) is 12.6. The minimum atomic E-state index is -1.24. The molecule has 3 aliphatic heterocycles. The lowest BCUT2D eigenvalue weighted by molar-refractivity contribution is -0.160. The van der Waals surface area contributed by atoms with E-state index in [1.165, 1.54) is 4.90 Å². The van der Waals surface area contributed by atoms with Gasteiger partial charge in [-0.05, 0) is 69.6 Å². The van der Waals surface area contributed by atoms with Crippen LogP contribution >= 0.6 is 0 Å². The van der Waals surface area contributed by atoms with Crippen molar-refractivity contribution in [1.82, 2.24) is 4.90 Å². The Bertz CT molecular complexity index is 1400. The Balaban J connectivity index is 1.61. The Morgan fingerprint density at radius 1 is 1.11 bits per heavy atom. The van der Waals surface area contributed by atoms with Gasteiger partial charge in [0.25, 0.3) is 5.91 Å². The third-order valence-corrected chi connectivity index (χ3v) is 9.70. The lowest BCUT2D eigenvalue weighted by Gasteiger charge is -2.40. The van der Waals surface area contributed by atoms with Crippen LogP contribution in [0.5, 0.6) is 0 Å². The molecule has 2 unspecified atom stereocenters. The van der Waals surface area contributed by atoms with E-state index in [0.29, 0.717) is 32.1 Å². The molecule has 0 saturated carbocycles. The number of fused-ring (bicyclic) bond motifs is 1. The van der Waals surface area contributed by atoms with Crippen molar-refractivity contribution in [2.45, 2.75) is 76.2 Å². The van der Waals surface area contributed by atoms with Gasteiger partial charge in [0, 0.05) is 12.2 Å². The zero-order chi connectivity index (χ0) is 31.6. The predicted molar refractivity (Wildman–Crippen MR) is 169 cm³/mol. The molecule has 6 atom stereocenters. The molecule has 3 fully saturated rings. The average molecular weight is 601 g/mol. The van der Waals surface area contributed by atoms with Crippen LogP contribution in [0.4, 0.5) is 5.69 Å². The molecule has 5 rings (SSSR count). The van der Waals surface area contributed by atoms with E-state index in [1.54, 1.807) is 17.1 Å². The van der Waals surface area contributed by atoms with Gasteiger partial charge in [0.2, 0.25) is 5.91 Å². The van der Waals surface area contributed by atoms with Gasteiger partial charge in [-0.3, -0.25) is 14.4 Å². The molecule has 2 amide bonds. The molecule has 0 radical (unpaired) electrons. The van der Waals surface area contributed by atoms with Crippen molar-refractivity contribution < 1.29 is 29.0 Å². The van der Waals surface area contributed by atoms with E-state index in [-0.39, 0.29) is 31.6 Å². The molecular weight excluding hydrogens is 556 g/mol. The molecule has 2 aromatic rings. The van der Waals surface area contributed by atoms with Crippen molar-refractivity contribution >= 4 is 23.5 Å². The number of unbranched alkanes of at least 4 members (excludes halogenated alkanes) is 1. The number of aliphatic hydroxyl groups excluding tert-OH is 1. The van der Waals surface area contributed by atoms with Crippen LogP contribution in [0, 0.1) is 25.7 Å². The normalized spacial score (nSPS) is 27.6. The Morgan fingerprint density at radius 3 is 2.45 bits per heavy atom. The van der Waals surface area contributed by atoms with Gasteiger partial charge in [-0.25, -0.2) is 0 Å². The number of para-hydroxylation sites is 1. The minimum Gasteiger partial charge on any atom is -0.465 e. The maximum Gasteiger partial charge on any atom is 0.312 e. The number of esters is 1. The average Bonchev–Trinajstić information content (AvgIpc) is 3.58. The van der Waals surface area contributed by atoms with Crippen LogP contribution in [-0.2, 0) is 30.3 Å². The number of anilines is 1. The summed E-state index contributed by atoms with van der Waals surface area (Å²) in [5.74, 6) is -2.91. The second kappa shape index (κ2) is 12.7. The summed E-state index contributed by atoms with van der Waals surface area (Å²) in [6.45, 7) is 13.5. The summed E-state index contributed by atoms with van der Waals surface area (Å²) in [4.78, 5) is 46.6. The fourth-order valence-corrected chi connectivity index (χ4v) is 7.82. The van der Waals surface area contributed by atoms with Crippen LogP contribution in [-0.4, -0.2) is 70.8 Å². The molecule has 3 aliphatic rings. The van der Waals surface area contributed by atoms with E-state index in [4.69, 9.17) is 9.47 Å². The summed E-state index contributed by atoms with van der Waals surface area (Å²) >= 11 is 0. The summed E-state index contributed by atoms with van der Waals surface area (Å²) in [7, 11) is 0. The van der Waals surface area contributed by atoms with E-state index >= 15 is 4.79 Å². The van der Waals surface area contributed by atoms with E-state index in [2.05, 4.69) is 13.2 Å². The van der Waals surface area contributed by atoms with Crippen molar-refractivity contribution in [1.29, 1.82) is 0 Å². The lowest BCUT2D eigenvalue weighted by Crippen LogP contribution is -2.59. The number of aryl methyl sites for hydroxylation is 2. The van der Waals surface area contributed by atoms with Crippen molar-refractivity contribution in [2.75, 3.05) is 24.7 Å². The number of ether oxygens (including phenoxy) is 2. The van der Waals surface area contributed by atoms with Crippen molar-refractivity contribution in [2.24, 2.45) is 11.8 Å². The standard InChI is InChI=1S/C36H44N2O6/c1-6-8-12-21-43-34(42)29-28-32(40)38(27(23-39)22-26-16-10-9-11-17-26)31(36(28)19-18-35(29,5)44-36)33(41)37(20-7-2)30-24(3)14-13-15-25(30)4/h6-7,9-11,13-17,27-29,31,39H,1-2,8,12,18-23H2,3-5H3/t27-,28+,29+,31?,35-,36?/m1/s1. The van der Waals surface area contributed by atoms with Gasteiger partial charge in [0.1, 0.15) is 17.6 Å². The summed E-state index contributed by atoms with van der Waals surface area (Å²) in [5, 5.41) is 10.8. The smallest absolute Gasteiger partial charge is 0.312 e. The number of benzene rings is 2. The summed E-state index contributed by atoms with van der Waals surface area (Å²) in [6.07, 6.45) is 6.06. The quantitative estimate of drug-likeness (QED) is 0.204. The van der Waals surface area contributed by atoms with E-state index < -0.39 is 41.1 Å². The summed E-state index contributed by atoms with van der Waals surface area (Å²) in [5.41, 5.74) is 1.32. The minimum absolute atomic E-state index is 0.213. The van der Waals surface area contributed by atoms with Gasteiger partial charge >= 0.3 is 5.97 Å². The maximum atomic E-state index is 15.0. The second-order valence-corrected chi connectivity index (χ2v) is 12.6. The fourth-order valence-electron chi connectivity index (χ4n) is 7.82. The first-order valence-electron chi connectivity index (χ1n) is 15.6. The highest BCUT2D eigenvalue weighted by atomic mass is 16.6. The zero-order valence-corrected chi connectivity index (χ0v) is 26.0. The molecule has 3 saturated heterocycles. The molecule has 1 spiro atoms. The van der Waals surface area contributed by atoms with Crippen LogP contribution in [0.3, 0.4) is 0 Å². The third kappa shape index (κ3) is 5.28. The van der Waals surface area contributed by atoms with Gasteiger partial charge in [0.15, 0.2) is 0 Å². The van der Waals surface area contributed by atoms with Crippen LogP contribution in [0.15, 0.2) is 73.8 Å². The number of carbonyl (C=O) groups is 3. The van der Waals surface area contributed by atoms with Crippen LogP contribution in [0.1, 0.15) is 49.3 Å². The van der Waals surface area contributed by atoms with Crippen LogP contribution in [0.25, 0.3) is 0 Å². The zero-order valence-electron chi connectivity index (χ0n) is 26.0. The molecule has 3 heterocycles. The molecule has 234 valence electrons. The molecule has 8 nitrogen and oxygen atoms in total. The van der Waals surface area contributed by atoms with Gasteiger partial charge in [-0.2, -0.15) is 0 Å². The van der Waals surface area contributed by atoms with Gasteiger partial charge < -0.3 is 24.4 Å². The van der Waals surface area contributed by atoms with Crippen molar-refractivity contribution in [3.05, 3.63) is 90.5 Å². The predicted octanol–water partition coefficient (Wildman–Crippen LogP) is 4.70. The molecule has 2 aromatic carbocycles. The number of rotatable bonds is 13. The highest BCUT2D eigenvalue weighted by Gasteiger charge is 2.79. The van der Waals surface area contributed by atoms with Gasteiger partial charge in [-0.15, -0.1) is 13.2 Å². The van der Waals surface area contributed by atoms with Crippen LogP contribution < -0.4 is 4.90 Å². The SMILES string of the molecule is C=CCCCOC(=O)[C@@H]1[C@H]2C(=O)N([C@@H](CO)Cc3ccccc3)C(C(=O)N(CC=C)c3c(C)cccc3C)C23CC[C@@]1(C)O3. The highest BCUT2D eigenvalue weighted by Crippen LogP contribution is 2.64. The number of amides is 2. The summed E-state index contributed by atoms with van der Waals surface area (Å²) in [6, 6.07) is 13.7. The largest absolute Gasteiger partial charge is 0.465 e. The molecule has 44 heavy (non-hydrogen) atoms. The molecule has 0 aliphatic carbocycles. The molecular formula is C36H44N2O6. The maximum absolute atomic E-state index is 15.0. The van der Waals surface area contributed by atoms with E-state index in [1.807, 2.05) is 69.3 Å². The Hall–Kier alpha value is -3.75. The topological polar surface area (TPSA) is 96.4 Å². The Labute approximate surface area is 260 Å². The fraction of sp³-hybridized carbons (Fsp3) is 0.472. The first-order valence-corrected chi connectivity index (χ1v) is 15.6. The number of nitrogens with zero attached hydrogens (tertiary/aromatic N) is 2. The number of likely N-dealkylation sites (tertiary alicyclic amines) is 1. The van der Waals surface area contributed by atoms with Crippen LogP contribution in [0.2, 0.25) is 0 Å². The first kappa shape index (κ1) is 31.7. The number of carbonyl (C=O) groups excluding carboxylic acids is 3. The lowest BCUT2D eigenvalue weighted by atomic mass is 9.66. The van der Waals surface area contributed by atoms with Gasteiger partial charge in [-0.1, -0.05) is 60.7 Å². The molecule has 1 N–H and O–H groups in total. The molecule has 8 heteroatoms. The van der Waals surface area contributed by atoms with E-state index in [9.17, 15) is 14.7 Å². The monoisotopic (exact) mass is 600 g/mol. The Kier molecular flexibility index (Phi) is 9.14. The number of hydrogen-bond donors (Lipinski definition) is 1. The number of hydrogen-bond acceptors (Lipinski definition) is 6. The molecule has 0 aromatic heterocycles. The number of aliphatic hydroxyl groups is 1.